The van der Waals surface area contributed by atoms with E-state index in [1.54, 1.807) is 11.3 Å². The first kappa shape index (κ1) is 12.2. The van der Waals surface area contributed by atoms with Gasteiger partial charge in [-0.3, -0.25) is 0 Å². The Labute approximate surface area is 98.3 Å². The molecule has 0 fully saturated rings. The van der Waals surface area contributed by atoms with E-state index in [1.807, 2.05) is 0 Å². The molecule has 0 spiro atoms. The van der Waals surface area contributed by atoms with Crippen LogP contribution >= 0.6 is 27.3 Å². The third-order valence-electron chi connectivity index (χ3n) is 2.62. The fraction of sp³-hybridized carbons (Fsp3) is 0.636. The van der Waals surface area contributed by atoms with Gasteiger partial charge in [0.25, 0.3) is 0 Å². The van der Waals surface area contributed by atoms with Crippen molar-refractivity contribution in [1.82, 2.24) is 0 Å². The van der Waals surface area contributed by atoms with Gasteiger partial charge in [-0.05, 0) is 27.9 Å². The summed E-state index contributed by atoms with van der Waals surface area (Å²) in [6.45, 7) is 4.28. The molecule has 1 nitrogen and oxygen atoms in total. The van der Waals surface area contributed by atoms with Gasteiger partial charge in [0.1, 0.15) is 0 Å². The highest BCUT2D eigenvalue weighted by molar-refractivity contribution is 9.10. The largest absolute Gasteiger partial charge is 0.392 e. The Morgan fingerprint density at radius 1 is 1.43 bits per heavy atom. The first-order chi connectivity index (χ1) is 6.67. The second kappa shape index (κ2) is 5.89. The van der Waals surface area contributed by atoms with Gasteiger partial charge in [0.2, 0.25) is 0 Å². The van der Waals surface area contributed by atoms with Gasteiger partial charge in [0.05, 0.1) is 6.10 Å². The normalized spacial score (nSPS) is 13.5. The van der Waals surface area contributed by atoms with E-state index in [1.165, 1.54) is 4.88 Å². The summed E-state index contributed by atoms with van der Waals surface area (Å²) in [5, 5.41) is 12.0. The number of hydrogen-bond donors (Lipinski definition) is 1. The van der Waals surface area contributed by atoms with Crippen molar-refractivity contribution in [2.75, 3.05) is 0 Å². The molecule has 0 bridgehead atoms. The third-order valence-corrected chi connectivity index (χ3v) is 4.34. The van der Waals surface area contributed by atoms with Crippen molar-refractivity contribution < 1.29 is 5.11 Å². The molecule has 0 amide bonds. The molecular weight excluding hydrogens is 260 g/mol. The Morgan fingerprint density at radius 2 is 2.07 bits per heavy atom. The Bertz CT molecular complexity index is 268. The van der Waals surface area contributed by atoms with Gasteiger partial charge in [0.15, 0.2) is 0 Å². The predicted molar refractivity (Wildman–Crippen MR) is 65.8 cm³/mol. The molecule has 80 valence electrons. The molecule has 0 saturated carbocycles. The lowest BCUT2D eigenvalue weighted by Gasteiger charge is -2.19. The van der Waals surface area contributed by atoms with Crippen molar-refractivity contribution in [3.63, 3.8) is 0 Å². The smallest absolute Gasteiger partial charge is 0.0616 e. The molecule has 1 atom stereocenters. The van der Waals surface area contributed by atoms with Gasteiger partial charge in [-0.2, -0.15) is 0 Å². The molecule has 1 aromatic rings. The minimum absolute atomic E-state index is 0.185. The van der Waals surface area contributed by atoms with E-state index in [4.69, 9.17) is 0 Å². The number of halogens is 1. The summed E-state index contributed by atoms with van der Waals surface area (Å²) in [5.41, 5.74) is 0. The quantitative estimate of drug-likeness (QED) is 0.866. The van der Waals surface area contributed by atoms with Crippen molar-refractivity contribution in [3.05, 3.63) is 20.8 Å². The third kappa shape index (κ3) is 3.37. The second-order valence-electron chi connectivity index (χ2n) is 3.58. The Hall–Kier alpha value is 0.140. The lowest BCUT2D eigenvalue weighted by atomic mass is 9.94. The van der Waals surface area contributed by atoms with Gasteiger partial charge in [-0.15, -0.1) is 11.3 Å². The maximum atomic E-state index is 9.96. The molecule has 1 heterocycles. The average Bonchev–Trinajstić information content (AvgIpc) is 2.53. The Morgan fingerprint density at radius 3 is 2.50 bits per heavy atom. The van der Waals surface area contributed by atoms with E-state index >= 15 is 0 Å². The lowest BCUT2D eigenvalue weighted by Crippen LogP contribution is -2.21. The van der Waals surface area contributed by atoms with E-state index in [2.05, 4.69) is 41.2 Å². The van der Waals surface area contributed by atoms with Crippen molar-refractivity contribution >= 4 is 27.3 Å². The molecule has 0 aliphatic rings. The first-order valence-corrected chi connectivity index (χ1v) is 6.75. The molecule has 3 heteroatoms. The molecule has 0 aliphatic carbocycles. The Kier molecular flexibility index (Phi) is 5.13. The van der Waals surface area contributed by atoms with Crippen LogP contribution in [0.2, 0.25) is 0 Å². The Balaban J connectivity index is 2.51. The van der Waals surface area contributed by atoms with Crippen LogP contribution in [0.5, 0.6) is 0 Å². The first-order valence-electron chi connectivity index (χ1n) is 5.08. The molecular formula is C11H17BrOS. The monoisotopic (exact) mass is 276 g/mol. The fourth-order valence-electron chi connectivity index (χ4n) is 1.67. The zero-order valence-corrected chi connectivity index (χ0v) is 11.1. The van der Waals surface area contributed by atoms with Crippen LogP contribution in [-0.4, -0.2) is 11.2 Å². The molecule has 0 saturated heterocycles. The molecule has 1 rings (SSSR count). The van der Waals surface area contributed by atoms with Gasteiger partial charge in [-0.25, -0.2) is 0 Å². The highest BCUT2D eigenvalue weighted by atomic mass is 79.9. The zero-order valence-electron chi connectivity index (χ0n) is 8.66. The molecule has 1 N–H and O–H groups in total. The lowest BCUT2D eigenvalue weighted by molar-refractivity contribution is 0.104. The van der Waals surface area contributed by atoms with Gasteiger partial charge in [-0.1, -0.05) is 26.7 Å². The SMILES string of the molecule is CCC(CC)C(O)Cc1cc(Br)cs1. The standard InChI is InChI=1S/C11H17BrOS/c1-3-8(4-2)11(13)6-10-5-9(12)7-14-10/h5,7-8,11,13H,3-4,6H2,1-2H3. The molecule has 1 aromatic heterocycles. The second-order valence-corrected chi connectivity index (χ2v) is 5.49. The molecule has 14 heavy (non-hydrogen) atoms. The maximum absolute atomic E-state index is 9.96. The van der Waals surface area contributed by atoms with E-state index in [0.717, 1.165) is 23.7 Å². The van der Waals surface area contributed by atoms with Crippen LogP contribution in [0.25, 0.3) is 0 Å². The van der Waals surface area contributed by atoms with Crippen LogP contribution in [0.1, 0.15) is 31.6 Å². The summed E-state index contributed by atoms with van der Waals surface area (Å²) in [6, 6.07) is 2.09. The van der Waals surface area contributed by atoms with Crippen LogP contribution in [0.15, 0.2) is 15.9 Å². The fourth-order valence-corrected chi connectivity index (χ4v) is 3.17. The molecule has 0 radical (unpaired) electrons. The van der Waals surface area contributed by atoms with Crippen molar-refractivity contribution in [1.29, 1.82) is 0 Å². The molecule has 0 aliphatic heterocycles. The highest BCUT2D eigenvalue weighted by Gasteiger charge is 2.16. The summed E-state index contributed by atoms with van der Waals surface area (Å²) < 4.78 is 1.12. The van der Waals surface area contributed by atoms with Crippen molar-refractivity contribution in [2.24, 2.45) is 5.92 Å². The van der Waals surface area contributed by atoms with Crippen LogP contribution in [0, 0.1) is 5.92 Å². The van der Waals surface area contributed by atoms with E-state index < -0.39 is 0 Å². The van der Waals surface area contributed by atoms with E-state index in [-0.39, 0.29) is 6.10 Å². The van der Waals surface area contributed by atoms with E-state index in [9.17, 15) is 5.11 Å². The molecule has 1 unspecified atom stereocenters. The number of aliphatic hydroxyl groups is 1. The zero-order chi connectivity index (χ0) is 10.6. The number of rotatable bonds is 5. The van der Waals surface area contributed by atoms with E-state index in [0.29, 0.717) is 5.92 Å². The van der Waals surface area contributed by atoms with Crippen LogP contribution < -0.4 is 0 Å². The average molecular weight is 277 g/mol. The summed E-state index contributed by atoms with van der Waals surface area (Å²) in [6.07, 6.45) is 2.73. The summed E-state index contributed by atoms with van der Waals surface area (Å²) in [4.78, 5) is 1.26. The molecule has 0 aromatic carbocycles. The topological polar surface area (TPSA) is 20.2 Å². The summed E-state index contributed by atoms with van der Waals surface area (Å²) in [5.74, 6) is 0.441. The van der Waals surface area contributed by atoms with Gasteiger partial charge < -0.3 is 5.11 Å². The van der Waals surface area contributed by atoms with Crippen molar-refractivity contribution in [2.45, 2.75) is 39.2 Å². The van der Waals surface area contributed by atoms with Crippen LogP contribution in [0.4, 0.5) is 0 Å². The number of thiophene rings is 1. The minimum atomic E-state index is -0.185. The minimum Gasteiger partial charge on any atom is -0.392 e. The summed E-state index contributed by atoms with van der Waals surface area (Å²) >= 11 is 5.13. The number of hydrogen-bond acceptors (Lipinski definition) is 2. The summed E-state index contributed by atoms with van der Waals surface area (Å²) in [7, 11) is 0. The van der Waals surface area contributed by atoms with Gasteiger partial charge >= 0.3 is 0 Å². The van der Waals surface area contributed by atoms with Gasteiger partial charge in [0, 0.05) is 21.2 Å². The number of aliphatic hydroxyl groups excluding tert-OH is 1. The van der Waals surface area contributed by atoms with Crippen molar-refractivity contribution in [3.8, 4) is 0 Å². The highest BCUT2D eigenvalue weighted by Crippen LogP contribution is 2.24. The van der Waals surface area contributed by atoms with Crippen LogP contribution in [-0.2, 0) is 6.42 Å². The van der Waals surface area contributed by atoms with Crippen LogP contribution in [0.3, 0.4) is 0 Å². The predicted octanol–water partition coefficient (Wildman–Crippen LogP) is 3.85. The maximum Gasteiger partial charge on any atom is 0.0616 e.